The molecule has 0 radical (unpaired) electrons. The third-order valence-electron chi connectivity index (χ3n) is 2.46. The number of nitrogens with one attached hydrogen (secondary N) is 1. The second-order valence-electron chi connectivity index (χ2n) is 3.99. The zero-order valence-electron chi connectivity index (χ0n) is 11.1. The van der Waals surface area contributed by atoms with Gasteiger partial charge in [0.15, 0.2) is 0 Å². The molecule has 19 heavy (non-hydrogen) atoms. The minimum Gasteiger partial charge on any atom is -0.463 e. The number of hydrogen-bond acceptors (Lipinski definition) is 3. The Morgan fingerprint density at radius 1 is 1.26 bits per heavy atom. The summed E-state index contributed by atoms with van der Waals surface area (Å²) in [5, 5.41) is 2.54. The van der Waals surface area contributed by atoms with E-state index in [1.54, 1.807) is 6.92 Å². The van der Waals surface area contributed by atoms with E-state index in [1.165, 1.54) is 17.8 Å². The summed E-state index contributed by atoms with van der Waals surface area (Å²) in [6, 6.07) is 10.0. The Kier molecular flexibility index (Phi) is 7.02. The molecule has 0 aliphatic rings. The van der Waals surface area contributed by atoms with Gasteiger partial charge >= 0.3 is 5.97 Å². The first-order chi connectivity index (χ1) is 9.22. The zero-order valence-corrected chi connectivity index (χ0v) is 11.1. The average Bonchev–Trinajstić information content (AvgIpc) is 2.40. The lowest BCUT2D eigenvalue weighted by molar-refractivity contribution is -0.137. The number of hydrogen-bond donors (Lipinski definition) is 1. The molecule has 0 aliphatic carbocycles. The van der Waals surface area contributed by atoms with Gasteiger partial charge in [0.05, 0.1) is 6.61 Å². The predicted molar refractivity (Wildman–Crippen MR) is 73.3 cm³/mol. The van der Waals surface area contributed by atoms with Crippen molar-refractivity contribution in [3.05, 3.63) is 48.2 Å². The third-order valence-corrected chi connectivity index (χ3v) is 2.46. The van der Waals surface area contributed by atoms with Crippen LogP contribution in [-0.4, -0.2) is 18.5 Å². The summed E-state index contributed by atoms with van der Waals surface area (Å²) in [6.07, 6.45) is 4.61. The molecule has 0 bridgehead atoms. The predicted octanol–water partition coefficient (Wildman–Crippen LogP) is 2.20. The van der Waals surface area contributed by atoms with E-state index in [4.69, 9.17) is 0 Å². The largest absolute Gasteiger partial charge is 0.463 e. The van der Waals surface area contributed by atoms with Gasteiger partial charge in [0.25, 0.3) is 0 Å². The fourth-order valence-electron chi connectivity index (χ4n) is 1.56. The number of carbonyl (C=O) groups is 2. The molecule has 1 N–H and O–H groups in total. The van der Waals surface area contributed by atoms with Crippen LogP contribution in [0.25, 0.3) is 0 Å². The van der Waals surface area contributed by atoms with Crippen molar-refractivity contribution in [3.8, 4) is 0 Å². The van der Waals surface area contributed by atoms with Crippen LogP contribution >= 0.6 is 0 Å². The van der Waals surface area contributed by atoms with E-state index in [9.17, 15) is 9.59 Å². The second-order valence-corrected chi connectivity index (χ2v) is 3.99. The highest BCUT2D eigenvalue weighted by Gasteiger charge is 2.00. The van der Waals surface area contributed by atoms with Crippen LogP contribution < -0.4 is 5.32 Å². The monoisotopic (exact) mass is 261 g/mol. The number of aryl methyl sites for hydroxylation is 1. The van der Waals surface area contributed by atoms with Gasteiger partial charge in [0, 0.05) is 18.7 Å². The number of esters is 1. The summed E-state index contributed by atoms with van der Waals surface area (Å²) in [6.45, 7) is 2.06. The van der Waals surface area contributed by atoms with Crippen molar-refractivity contribution in [1.82, 2.24) is 5.32 Å². The smallest absolute Gasteiger partial charge is 0.332 e. The highest BCUT2D eigenvalue weighted by Crippen LogP contribution is 2.04. The van der Waals surface area contributed by atoms with Gasteiger partial charge in [-0.3, -0.25) is 4.79 Å². The van der Waals surface area contributed by atoms with Crippen molar-refractivity contribution in [2.45, 2.75) is 26.2 Å². The molecule has 0 aliphatic heterocycles. The van der Waals surface area contributed by atoms with Gasteiger partial charge in [-0.05, 0) is 25.3 Å². The van der Waals surface area contributed by atoms with Gasteiger partial charge in [-0.15, -0.1) is 0 Å². The summed E-state index contributed by atoms with van der Waals surface area (Å²) in [5.74, 6) is -0.552. The number of rotatable bonds is 7. The molecule has 1 amide bonds. The molecule has 0 heterocycles. The highest BCUT2D eigenvalue weighted by atomic mass is 16.5. The Hall–Kier alpha value is -2.10. The van der Waals surface area contributed by atoms with E-state index >= 15 is 0 Å². The van der Waals surface area contributed by atoms with Crippen LogP contribution in [0.15, 0.2) is 42.6 Å². The number of amides is 1. The molecule has 0 spiro atoms. The van der Waals surface area contributed by atoms with Crippen molar-refractivity contribution in [1.29, 1.82) is 0 Å². The Morgan fingerprint density at radius 3 is 2.68 bits per heavy atom. The second kappa shape index (κ2) is 8.91. The van der Waals surface area contributed by atoms with E-state index < -0.39 is 5.97 Å². The fourth-order valence-corrected chi connectivity index (χ4v) is 1.56. The maximum atomic E-state index is 11.5. The molecule has 0 saturated heterocycles. The van der Waals surface area contributed by atoms with Crippen LogP contribution in [0.5, 0.6) is 0 Å². The average molecular weight is 261 g/mol. The van der Waals surface area contributed by atoms with E-state index in [1.807, 2.05) is 30.3 Å². The molecule has 102 valence electrons. The molecular formula is C15H19NO3. The quantitative estimate of drug-likeness (QED) is 0.604. The van der Waals surface area contributed by atoms with E-state index in [2.05, 4.69) is 10.1 Å². The first-order valence-electron chi connectivity index (χ1n) is 6.39. The lowest BCUT2D eigenvalue weighted by Crippen LogP contribution is -2.17. The van der Waals surface area contributed by atoms with Gasteiger partial charge in [0.1, 0.15) is 0 Å². The first kappa shape index (κ1) is 15.0. The number of ether oxygens (including phenoxy) is 1. The van der Waals surface area contributed by atoms with Gasteiger partial charge in [-0.25, -0.2) is 4.79 Å². The van der Waals surface area contributed by atoms with Crippen LogP contribution in [0.3, 0.4) is 0 Å². The lowest BCUT2D eigenvalue weighted by Gasteiger charge is -2.01. The van der Waals surface area contributed by atoms with Crippen molar-refractivity contribution < 1.29 is 14.3 Å². The number of carbonyl (C=O) groups excluding carboxylic acids is 2. The van der Waals surface area contributed by atoms with Crippen LogP contribution in [0.4, 0.5) is 0 Å². The summed E-state index contributed by atoms with van der Waals surface area (Å²) in [4.78, 5) is 22.4. The summed E-state index contributed by atoms with van der Waals surface area (Å²) >= 11 is 0. The minimum absolute atomic E-state index is 0.100. The topological polar surface area (TPSA) is 55.4 Å². The van der Waals surface area contributed by atoms with E-state index in [0.29, 0.717) is 13.0 Å². The van der Waals surface area contributed by atoms with Gasteiger partial charge in [-0.2, -0.15) is 0 Å². The Bertz CT molecular complexity index is 426. The molecule has 1 aromatic rings. The molecule has 0 fully saturated rings. The normalized spacial score (nSPS) is 10.4. The minimum atomic E-state index is -0.452. The summed E-state index contributed by atoms with van der Waals surface area (Å²) < 4.78 is 4.69. The molecule has 1 aromatic carbocycles. The summed E-state index contributed by atoms with van der Waals surface area (Å²) in [5.41, 5.74) is 1.22. The van der Waals surface area contributed by atoms with Crippen LogP contribution in [0.2, 0.25) is 0 Å². The first-order valence-corrected chi connectivity index (χ1v) is 6.39. The highest BCUT2D eigenvalue weighted by molar-refractivity contribution is 5.83. The molecule has 0 saturated carbocycles. The fraction of sp³-hybridized carbons (Fsp3) is 0.333. The number of benzene rings is 1. The van der Waals surface area contributed by atoms with Crippen molar-refractivity contribution in [3.63, 3.8) is 0 Å². The maximum Gasteiger partial charge on any atom is 0.332 e. The summed E-state index contributed by atoms with van der Waals surface area (Å²) in [7, 11) is 0. The van der Waals surface area contributed by atoms with Crippen molar-refractivity contribution >= 4 is 11.9 Å². The molecule has 0 unspecified atom stereocenters. The van der Waals surface area contributed by atoms with Gasteiger partial charge < -0.3 is 10.1 Å². The molecular weight excluding hydrogens is 242 g/mol. The van der Waals surface area contributed by atoms with Crippen LogP contribution in [0, 0.1) is 0 Å². The van der Waals surface area contributed by atoms with E-state index in [0.717, 1.165) is 12.8 Å². The molecule has 0 atom stereocenters. The Morgan fingerprint density at radius 2 is 2.00 bits per heavy atom. The maximum absolute atomic E-state index is 11.5. The standard InChI is InChI=1S/C15H19NO3/c1-2-19-15(18)11-12-16-14(17)10-6-9-13-7-4-3-5-8-13/h3-5,7-8,11-12H,2,6,9-10H2,1H3,(H,16,17)/b12-11-. The van der Waals surface area contributed by atoms with Gasteiger partial charge in [0.2, 0.25) is 5.91 Å². The van der Waals surface area contributed by atoms with Crippen molar-refractivity contribution in [2.75, 3.05) is 6.61 Å². The van der Waals surface area contributed by atoms with Crippen molar-refractivity contribution in [2.24, 2.45) is 0 Å². The molecule has 4 nitrogen and oxygen atoms in total. The Balaban J connectivity index is 2.16. The molecule has 0 aromatic heterocycles. The third kappa shape index (κ3) is 7.03. The molecule has 1 rings (SSSR count). The van der Waals surface area contributed by atoms with Crippen LogP contribution in [-0.2, 0) is 20.7 Å². The Labute approximate surface area is 113 Å². The van der Waals surface area contributed by atoms with Gasteiger partial charge in [-0.1, -0.05) is 30.3 Å². The SMILES string of the molecule is CCOC(=O)/C=C\NC(=O)CCCc1ccccc1. The molecule has 4 heteroatoms. The zero-order chi connectivity index (χ0) is 13.9. The van der Waals surface area contributed by atoms with E-state index in [-0.39, 0.29) is 5.91 Å². The van der Waals surface area contributed by atoms with Crippen LogP contribution in [0.1, 0.15) is 25.3 Å². The lowest BCUT2D eigenvalue weighted by atomic mass is 10.1.